The molecule has 220 valence electrons. The van der Waals surface area contributed by atoms with E-state index in [0.29, 0.717) is 50.1 Å². The Kier molecular flexibility index (Phi) is 10.2. The van der Waals surface area contributed by atoms with Gasteiger partial charge in [-0.15, -0.1) is 0 Å². The van der Waals surface area contributed by atoms with Gasteiger partial charge in [0.25, 0.3) is 0 Å². The van der Waals surface area contributed by atoms with E-state index in [2.05, 4.69) is 23.5 Å². The van der Waals surface area contributed by atoms with Gasteiger partial charge in [-0.25, -0.2) is 8.42 Å². The van der Waals surface area contributed by atoms with Crippen LogP contribution < -0.4 is 20.5 Å². The summed E-state index contributed by atoms with van der Waals surface area (Å²) >= 11 is 0. The third kappa shape index (κ3) is 7.55. The molecule has 4 N–H and O–H groups in total. The maximum absolute atomic E-state index is 13.6. The van der Waals surface area contributed by atoms with Gasteiger partial charge in [0, 0.05) is 37.5 Å². The molecule has 2 amide bonds. The van der Waals surface area contributed by atoms with Gasteiger partial charge in [-0.3, -0.25) is 9.59 Å². The van der Waals surface area contributed by atoms with Crippen molar-refractivity contribution >= 4 is 32.6 Å². The number of primary amides is 1. The molecule has 0 saturated carbocycles. The maximum atomic E-state index is 13.6. The molecule has 2 atom stereocenters. The monoisotopic (exact) mass is 583 g/mol. The number of fused-ring (bicyclic) bond motifs is 2. The number of nitrogens with two attached hydrogens (primary N) is 1. The van der Waals surface area contributed by atoms with Gasteiger partial charge >= 0.3 is 0 Å². The molecule has 0 radical (unpaired) electrons. The first-order valence-corrected chi connectivity index (χ1v) is 15.2. The largest absolute Gasteiger partial charge is 0.454 e. The van der Waals surface area contributed by atoms with Crippen LogP contribution in [-0.4, -0.2) is 62.2 Å². The number of unbranched alkanes of at least 4 members (excludes halogenated alkanes) is 1. The average molecular weight is 584 g/mol. The second-order valence-corrected chi connectivity index (χ2v) is 12.1. The van der Waals surface area contributed by atoms with E-state index in [1.54, 1.807) is 6.92 Å². The van der Waals surface area contributed by atoms with Crippen LogP contribution in [0.2, 0.25) is 0 Å². The third-order valence-electron chi connectivity index (χ3n) is 7.30. The SMILES string of the molecule is CC(CN(C(CO)CCCCNC(=O)CCc1cccc2ccccc12)S(=O)(=O)c1ccc2c(c1)OCO2)C(N)=O. The van der Waals surface area contributed by atoms with Crippen molar-refractivity contribution in [3.63, 3.8) is 0 Å². The number of aliphatic hydroxyl groups is 1. The van der Waals surface area contributed by atoms with Gasteiger partial charge in [-0.2, -0.15) is 4.31 Å². The zero-order valence-corrected chi connectivity index (χ0v) is 23.9. The van der Waals surface area contributed by atoms with Crippen molar-refractivity contribution in [2.75, 3.05) is 26.5 Å². The van der Waals surface area contributed by atoms with Crippen LogP contribution in [-0.2, 0) is 26.0 Å². The van der Waals surface area contributed by atoms with Crippen LogP contribution in [0.3, 0.4) is 0 Å². The molecule has 0 saturated heterocycles. The van der Waals surface area contributed by atoms with Crippen LogP contribution in [0, 0.1) is 5.92 Å². The van der Waals surface area contributed by atoms with Gasteiger partial charge in [0.1, 0.15) is 0 Å². The van der Waals surface area contributed by atoms with Gasteiger partial charge in [0.15, 0.2) is 11.5 Å². The summed E-state index contributed by atoms with van der Waals surface area (Å²) in [5.74, 6) is -0.712. The van der Waals surface area contributed by atoms with Crippen molar-refractivity contribution in [1.82, 2.24) is 9.62 Å². The minimum atomic E-state index is -4.11. The predicted octanol–water partition coefficient (Wildman–Crippen LogP) is 2.96. The fourth-order valence-electron chi connectivity index (χ4n) is 4.88. The molecule has 0 spiro atoms. The normalized spacial score (nSPS) is 14.2. The van der Waals surface area contributed by atoms with Gasteiger partial charge in [0.05, 0.1) is 11.5 Å². The molecule has 0 aromatic heterocycles. The molecular formula is C30H37N3O7S. The van der Waals surface area contributed by atoms with Crippen LogP contribution in [0.15, 0.2) is 65.6 Å². The van der Waals surface area contributed by atoms with Crippen LogP contribution in [0.4, 0.5) is 0 Å². The molecule has 3 aromatic rings. The highest BCUT2D eigenvalue weighted by Gasteiger charge is 2.34. The molecule has 1 heterocycles. The second kappa shape index (κ2) is 13.8. The van der Waals surface area contributed by atoms with Crippen molar-refractivity contribution in [1.29, 1.82) is 0 Å². The van der Waals surface area contributed by atoms with E-state index >= 15 is 0 Å². The van der Waals surface area contributed by atoms with E-state index in [0.717, 1.165) is 20.6 Å². The zero-order valence-electron chi connectivity index (χ0n) is 23.1. The van der Waals surface area contributed by atoms with Crippen molar-refractivity contribution in [2.45, 2.75) is 50.0 Å². The second-order valence-electron chi connectivity index (χ2n) is 10.2. The van der Waals surface area contributed by atoms with E-state index in [1.807, 2.05) is 24.3 Å². The van der Waals surface area contributed by atoms with Crippen LogP contribution >= 0.6 is 0 Å². The van der Waals surface area contributed by atoms with Crippen molar-refractivity contribution in [2.24, 2.45) is 11.7 Å². The lowest BCUT2D eigenvalue weighted by atomic mass is 10.0. The maximum Gasteiger partial charge on any atom is 0.243 e. The summed E-state index contributed by atoms with van der Waals surface area (Å²) in [4.78, 5) is 24.2. The standard InChI is InChI=1S/C30H37N3O7S/c1-21(30(31)36)18-33(41(37,38)25-13-14-27-28(17-25)40-20-39-27)24(19-34)10-4-5-16-32-29(35)15-12-23-9-6-8-22-7-2-3-11-26(22)23/h2-3,6-9,11,13-14,17,21,24,34H,4-5,10,12,15-16,18-20H2,1H3,(H2,31,36)(H,32,35). The number of ether oxygens (including phenoxy) is 2. The summed E-state index contributed by atoms with van der Waals surface area (Å²) in [6.07, 6.45) is 2.47. The number of amides is 2. The number of aryl methyl sites for hydroxylation is 1. The molecule has 4 rings (SSSR count). The molecular weight excluding hydrogens is 546 g/mol. The molecule has 10 nitrogen and oxygen atoms in total. The summed E-state index contributed by atoms with van der Waals surface area (Å²) in [5.41, 5.74) is 6.56. The fraction of sp³-hybridized carbons (Fsp3) is 0.400. The summed E-state index contributed by atoms with van der Waals surface area (Å²) in [6.45, 7) is 1.36. The fourth-order valence-corrected chi connectivity index (χ4v) is 6.63. The Morgan fingerprint density at radius 3 is 2.59 bits per heavy atom. The summed E-state index contributed by atoms with van der Waals surface area (Å²) in [5, 5.41) is 15.4. The molecule has 0 fully saturated rings. The van der Waals surface area contributed by atoms with Gasteiger partial charge < -0.3 is 25.6 Å². The van der Waals surface area contributed by atoms with Crippen LogP contribution in [0.5, 0.6) is 11.5 Å². The van der Waals surface area contributed by atoms with E-state index in [-0.39, 0.29) is 24.1 Å². The quantitative estimate of drug-likeness (QED) is 0.233. The molecule has 1 aliphatic heterocycles. The Morgan fingerprint density at radius 1 is 1.05 bits per heavy atom. The first-order valence-electron chi connectivity index (χ1n) is 13.8. The Bertz CT molecular complexity index is 1470. The number of hydrogen-bond donors (Lipinski definition) is 3. The average Bonchev–Trinajstić information content (AvgIpc) is 3.45. The smallest absolute Gasteiger partial charge is 0.243 e. The summed E-state index contributed by atoms with van der Waals surface area (Å²) in [7, 11) is -4.11. The van der Waals surface area contributed by atoms with Crippen LogP contribution in [0.25, 0.3) is 10.8 Å². The summed E-state index contributed by atoms with van der Waals surface area (Å²) < 4.78 is 39.0. The zero-order chi connectivity index (χ0) is 29.4. The predicted molar refractivity (Wildman–Crippen MR) is 155 cm³/mol. The minimum Gasteiger partial charge on any atom is -0.454 e. The Balaban J connectivity index is 1.32. The highest BCUT2D eigenvalue weighted by Crippen LogP contribution is 2.35. The topological polar surface area (TPSA) is 148 Å². The number of carbonyl (C=O) groups excluding carboxylic acids is 2. The lowest BCUT2D eigenvalue weighted by Gasteiger charge is -2.31. The van der Waals surface area contributed by atoms with E-state index in [4.69, 9.17) is 15.2 Å². The van der Waals surface area contributed by atoms with Gasteiger partial charge in [0.2, 0.25) is 28.6 Å². The molecule has 2 unspecified atom stereocenters. The Morgan fingerprint density at radius 2 is 1.80 bits per heavy atom. The molecule has 3 aromatic carbocycles. The molecule has 0 bridgehead atoms. The number of nitrogens with zero attached hydrogens (tertiary/aromatic N) is 1. The third-order valence-corrected chi connectivity index (χ3v) is 9.21. The minimum absolute atomic E-state index is 0.000224. The molecule has 0 aliphatic carbocycles. The van der Waals surface area contributed by atoms with Gasteiger partial charge in [-0.1, -0.05) is 55.8 Å². The molecule has 41 heavy (non-hydrogen) atoms. The van der Waals surface area contributed by atoms with E-state index in [9.17, 15) is 23.1 Å². The summed E-state index contributed by atoms with van der Waals surface area (Å²) in [6, 6.07) is 17.7. The highest BCUT2D eigenvalue weighted by atomic mass is 32.2. The Hall–Kier alpha value is -3.67. The lowest BCUT2D eigenvalue weighted by Crippen LogP contribution is -2.46. The van der Waals surface area contributed by atoms with Crippen molar-refractivity contribution in [3.05, 3.63) is 66.2 Å². The van der Waals surface area contributed by atoms with Crippen molar-refractivity contribution < 1.29 is 32.6 Å². The number of hydrogen-bond acceptors (Lipinski definition) is 7. The van der Waals surface area contributed by atoms with Crippen LogP contribution in [0.1, 0.15) is 38.2 Å². The number of aliphatic hydroxyl groups excluding tert-OH is 1. The van der Waals surface area contributed by atoms with E-state index in [1.165, 1.54) is 18.2 Å². The highest BCUT2D eigenvalue weighted by molar-refractivity contribution is 7.89. The number of carbonyl (C=O) groups is 2. The van der Waals surface area contributed by atoms with Crippen molar-refractivity contribution in [3.8, 4) is 11.5 Å². The number of rotatable bonds is 15. The Labute approximate surface area is 240 Å². The number of sulfonamides is 1. The molecule has 11 heteroatoms. The molecule has 1 aliphatic rings. The van der Waals surface area contributed by atoms with E-state index < -0.39 is 34.5 Å². The first-order chi connectivity index (χ1) is 19.7. The number of nitrogens with one attached hydrogen (secondary N) is 1. The lowest BCUT2D eigenvalue weighted by molar-refractivity contribution is -0.122. The first kappa shape index (κ1) is 30.3. The van der Waals surface area contributed by atoms with Gasteiger partial charge in [-0.05, 0) is 47.7 Å². The number of benzene rings is 3.